The minimum atomic E-state index is 1.14. The Morgan fingerprint density at radius 2 is 0.949 bits per heavy atom. The first-order valence-electron chi connectivity index (χ1n) is 13.3. The van der Waals surface area contributed by atoms with Crippen LogP contribution in [0, 0.1) is 0 Å². The number of fused-ring (bicyclic) bond motifs is 5. The van der Waals surface area contributed by atoms with Gasteiger partial charge in [-0.3, -0.25) is 4.98 Å². The van der Waals surface area contributed by atoms with Gasteiger partial charge in [0.2, 0.25) is 0 Å². The maximum Gasteiger partial charge on any atom is 0.0571 e. The summed E-state index contributed by atoms with van der Waals surface area (Å²) in [5.74, 6) is 0. The van der Waals surface area contributed by atoms with Crippen molar-refractivity contribution in [2.75, 3.05) is 0 Å². The van der Waals surface area contributed by atoms with Gasteiger partial charge in [-0.05, 0) is 68.1 Å². The summed E-state index contributed by atoms with van der Waals surface area (Å²) < 4.78 is 2.36. The van der Waals surface area contributed by atoms with Crippen LogP contribution in [-0.4, -0.2) is 9.55 Å². The fourth-order valence-electron chi connectivity index (χ4n) is 6.25. The zero-order chi connectivity index (χ0) is 25.8. The van der Waals surface area contributed by atoms with Gasteiger partial charge >= 0.3 is 0 Å². The van der Waals surface area contributed by atoms with Crippen molar-refractivity contribution >= 4 is 43.4 Å². The van der Waals surface area contributed by atoms with Gasteiger partial charge in [0, 0.05) is 28.9 Å². The number of pyridine rings is 1. The standard InChI is InChI=1S/C37H24N2/c1-2-11-25(12-3-1)36-29-16-4-6-18-31(29)37(32-19-7-5-17-30(32)36)26-13-10-14-27(23-26)39-34-20-9-8-15-28(34)33-24-38-22-21-35(33)39/h1-24H. The summed E-state index contributed by atoms with van der Waals surface area (Å²) >= 11 is 0. The van der Waals surface area contributed by atoms with Crippen LogP contribution in [0.5, 0.6) is 0 Å². The third-order valence-corrected chi connectivity index (χ3v) is 7.86. The molecule has 0 atom stereocenters. The summed E-state index contributed by atoms with van der Waals surface area (Å²) in [6, 6.07) is 48.1. The van der Waals surface area contributed by atoms with Gasteiger partial charge in [-0.25, -0.2) is 0 Å². The lowest BCUT2D eigenvalue weighted by Gasteiger charge is -2.18. The first kappa shape index (κ1) is 21.8. The maximum absolute atomic E-state index is 4.42. The van der Waals surface area contributed by atoms with E-state index in [0.717, 1.165) is 11.2 Å². The second-order valence-electron chi connectivity index (χ2n) is 10.0. The summed E-state index contributed by atoms with van der Waals surface area (Å²) in [7, 11) is 0. The SMILES string of the molecule is c1ccc(-c2c3ccccc3c(-c3cccc(-n4c5ccccc5c5cnccc54)c3)c3ccccc23)cc1. The van der Waals surface area contributed by atoms with E-state index in [9.17, 15) is 0 Å². The fourth-order valence-corrected chi connectivity index (χ4v) is 6.25. The summed E-state index contributed by atoms with van der Waals surface area (Å²) in [5, 5.41) is 7.45. The van der Waals surface area contributed by atoms with Crippen molar-refractivity contribution in [1.29, 1.82) is 0 Å². The van der Waals surface area contributed by atoms with Crippen molar-refractivity contribution < 1.29 is 0 Å². The highest BCUT2D eigenvalue weighted by Gasteiger charge is 2.17. The summed E-state index contributed by atoms with van der Waals surface area (Å²) in [6.07, 6.45) is 3.85. The molecule has 0 spiro atoms. The number of aromatic nitrogens is 2. The lowest BCUT2D eigenvalue weighted by molar-refractivity contribution is 1.18. The highest BCUT2D eigenvalue weighted by atomic mass is 15.0. The highest BCUT2D eigenvalue weighted by Crippen LogP contribution is 2.44. The monoisotopic (exact) mass is 496 g/mol. The molecule has 0 radical (unpaired) electrons. The van der Waals surface area contributed by atoms with E-state index in [-0.39, 0.29) is 0 Å². The number of nitrogens with zero attached hydrogens (tertiary/aromatic N) is 2. The van der Waals surface area contributed by atoms with Crippen LogP contribution in [0.4, 0.5) is 0 Å². The Morgan fingerprint density at radius 3 is 1.64 bits per heavy atom. The average Bonchev–Trinajstić information content (AvgIpc) is 3.35. The molecule has 0 aliphatic rings. The van der Waals surface area contributed by atoms with E-state index in [1.807, 2.05) is 12.4 Å². The molecular weight excluding hydrogens is 472 g/mol. The maximum atomic E-state index is 4.42. The van der Waals surface area contributed by atoms with Crippen molar-refractivity contribution in [3.8, 4) is 27.9 Å². The van der Waals surface area contributed by atoms with E-state index < -0.39 is 0 Å². The van der Waals surface area contributed by atoms with Crippen LogP contribution in [-0.2, 0) is 0 Å². The van der Waals surface area contributed by atoms with E-state index in [1.165, 1.54) is 60.1 Å². The predicted molar refractivity (Wildman–Crippen MR) is 164 cm³/mol. The van der Waals surface area contributed by atoms with Crippen molar-refractivity contribution in [3.63, 3.8) is 0 Å². The number of hydrogen-bond donors (Lipinski definition) is 0. The van der Waals surface area contributed by atoms with Crippen molar-refractivity contribution in [2.45, 2.75) is 0 Å². The molecule has 0 fully saturated rings. The minimum absolute atomic E-state index is 1.14. The Balaban J connectivity index is 1.45. The first-order valence-corrected chi connectivity index (χ1v) is 13.3. The lowest BCUT2D eigenvalue weighted by Crippen LogP contribution is -1.95. The van der Waals surface area contributed by atoms with E-state index in [1.54, 1.807) is 0 Å². The Bertz CT molecular complexity index is 2060. The zero-order valence-electron chi connectivity index (χ0n) is 21.3. The molecular formula is C37H24N2. The molecule has 0 aliphatic heterocycles. The molecule has 182 valence electrons. The molecule has 8 aromatic rings. The summed E-state index contributed by atoms with van der Waals surface area (Å²) in [5.41, 5.74) is 8.50. The van der Waals surface area contributed by atoms with Gasteiger partial charge in [0.15, 0.2) is 0 Å². The fraction of sp³-hybridized carbons (Fsp3) is 0. The van der Waals surface area contributed by atoms with Gasteiger partial charge in [0.25, 0.3) is 0 Å². The smallest absolute Gasteiger partial charge is 0.0571 e. The molecule has 8 rings (SSSR count). The predicted octanol–water partition coefficient (Wildman–Crippen LogP) is 9.82. The van der Waals surface area contributed by atoms with E-state index in [4.69, 9.17) is 0 Å². The molecule has 2 heterocycles. The van der Waals surface area contributed by atoms with Crippen LogP contribution < -0.4 is 0 Å². The third kappa shape index (κ3) is 3.32. The second kappa shape index (κ2) is 8.68. The van der Waals surface area contributed by atoms with Crippen LogP contribution in [0.3, 0.4) is 0 Å². The van der Waals surface area contributed by atoms with Crippen LogP contribution in [0.15, 0.2) is 146 Å². The minimum Gasteiger partial charge on any atom is -0.309 e. The summed E-state index contributed by atoms with van der Waals surface area (Å²) in [4.78, 5) is 4.42. The lowest BCUT2D eigenvalue weighted by atomic mass is 9.86. The van der Waals surface area contributed by atoms with Gasteiger partial charge in [-0.2, -0.15) is 0 Å². The Kier molecular flexibility index (Phi) is 4.86. The number of para-hydroxylation sites is 1. The van der Waals surface area contributed by atoms with Gasteiger partial charge in [0.05, 0.1) is 11.0 Å². The molecule has 0 saturated heterocycles. The molecule has 0 amide bonds. The quantitative estimate of drug-likeness (QED) is 0.223. The van der Waals surface area contributed by atoms with Gasteiger partial charge in [0.1, 0.15) is 0 Å². The molecule has 0 saturated carbocycles. The van der Waals surface area contributed by atoms with Gasteiger partial charge in [-0.15, -0.1) is 0 Å². The van der Waals surface area contributed by atoms with Gasteiger partial charge < -0.3 is 4.57 Å². The van der Waals surface area contributed by atoms with Gasteiger partial charge in [-0.1, -0.05) is 109 Å². The van der Waals surface area contributed by atoms with Crippen molar-refractivity contribution in [3.05, 3.63) is 146 Å². The molecule has 0 N–H and O–H groups in total. The molecule has 2 heteroatoms. The average molecular weight is 497 g/mol. The Labute approximate surface area is 226 Å². The molecule has 2 nitrogen and oxygen atoms in total. The van der Waals surface area contributed by atoms with E-state index in [2.05, 4.69) is 143 Å². The number of rotatable bonds is 3. The van der Waals surface area contributed by atoms with Crippen molar-refractivity contribution in [2.24, 2.45) is 0 Å². The Morgan fingerprint density at radius 1 is 0.410 bits per heavy atom. The molecule has 0 unspecified atom stereocenters. The third-order valence-electron chi connectivity index (χ3n) is 7.86. The van der Waals surface area contributed by atoms with E-state index >= 15 is 0 Å². The zero-order valence-corrected chi connectivity index (χ0v) is 21.3. The molecule has 39 heavy (non-hydrogen) atoms. The Hall–Kier alpha value is -5.21. The molecule has 6 aromatic carbocycles. The second-order valence-corrected chi connectivity index (χ2v) is 10.0. The molecule has 0 bridgehead atoms. The topological polar surface area (TPSA) is 17.8 Å². The van der Waals surface area contributed by atoms with Crippen molar-refractivity contribution in [1.82, 2.24) is 9.55 Å². The van der Waals surface area contributed by atoms with E-state index in [0.29, 0.717) is 0 Å². The number of hydrogen-bond acceptors (Lipinski definition) is 1. The van der Waals surface area contributed by atoms with Crippen LogP contribution in [0.2, 0.25) is 0 Å². The normalized spacial score (nSPS) is 11.6. The van der Waals surface area contributed by atoms with Crippen LogP contribution >= 0.6 is 0 Å². The molecule has 0 aliphatic carbocycles. The largest absolute Gasteiger partial charge is 0.309 e. The number of benzene rings is 6. The first-order chi connectivity index (χ1) is 19.4. The highest BCUT2D eigenvalue weighted by molar-refractivity contribution is 6.21. The summed E-state index contributed by atoms with van der Waals surface area (Å²) in [6.45, 7) is 0. The molecule has 2 aromatic heterocycles. The van der Waals surface area contributed by atoms with Crippen LogP contribution in [0.25, 0.3) is 71.3 Å². The van der Waals surface area contributed by atoms with Crippen LogP contribution in [0.1, 0.15) is 0 Å².